The van der Waals surface area contributed by atoms with Crippen molar-refractivity contribution in [1.29, 1.82) is 0 Å². The average Bonchev–Trinajstić information content (AvgIpc) is 2.54. The van der Waals surface area contributed by atoms with Gasteiger partial charge in [0.2, 0.25) is 5.91 Å². The van der Waals surface area contributed by atoms with E-state index in [9.17, 15) is 9.90 Å². The lowest BCUT2D eigenvalue weighted by atomic mass is 9.74. The summed E-state index contributed by atoms with van der Waals surface area (Å²) in [6.45, 7) is 5.83. The number of rotatable bonds is 5. The Kier molecular flexibility index (Phi) is 5.37. The first-order chi connectivity index (χ1) is 10.1. The molecule has 1 aromatic carbocycles. The molecule has 0 aliphatic carbocycles. The van der Waals surface area contributed by atoms with Gasteiger partial charge in [0.1, 0.15) is 0 Å². The van der Waals surface area contributed by atoms with Crippen LogP contribution in [0.2, 0.25) is 0 Å². The Bertz CT molecular complexity index is 453. The van der Waals surface area contributed by atoms with Crippen LogP contribution in [0.5, 0.6) is 0 Å². The number of hydrogen-bond donors (Lipinski definition) is 3. The number of piperidine rings is 1. The SMILES string of the molecule is CC(C)(C(=O)N[C@@H](CO)c1ccccc1)C1CCCNC1. The molecule has 1 fully saturated rings. The van der Waals surface area contributed by atoms with Crippen LogP contribution in [-0.4, -0.2) is 30.7 Å². The van der Waals surface area contributed by atoms with E-state index in [1.807, 2.05) is 44.2 Å². The average molecular weight is 290 g/mol. The third-order valence-corrected chi connectivity index (χ3v) is 4.59. The van der Waals surface area contributed by atoms with E-state index in [-0.39, 0.29) is 18.6 Å². The van der Waals surface area contributed by atoms with Crippen molar-refractivity contribution in [3.63, 3.8) is 0 Å². The molecule has 1 aliphatic rings. The summed E-state index contributed by atoms with van der Waals surface area (Å²) >= 11 is 0. The summed E-state index contributed by atoms with van der Waals surface area (Å²) in [5.41, 5.74) is 0.501. The van der Waals surface area contributed by atoms with Crippen LogP contribution < -0.4 is 10.6 Å². The molecule has 4 nitrogen and oxygen atoms in total. The summed E-state index contributed by atoms with van der Waals surface area (Å²) < 4.78 is 0. The highest BCUT2D eigenvalue weighted by atomic mass is 16.3. The van der Waals surface area contributed by atoms with Gasteiger partial charge in [-0.05, 0) is 37.4 Å². The van der Waals surface area contributed by atoms with E-state index in [2.05, 4.69) is 10.6 Å². The molecule has 2 rings (SSSR count). The zero-order chi connectivity index (χ0) is 15.3. The van der Waals surface area contributed by atoms with Crippen LogP contribution >= 0.6 is 0 Å². The Morgan fingerprint density at radius 1 is 1.43 bits per heavy atom. The zero-order valence-corrected chi connectivity index (χ0v) is 12.9. The Balaban J connectivity index is 2.04. The Hall–Kier alpha value is -1.39. The van der Waals surface area contributed by atoms with Crippen LogP contribution in [0.3, 0.4) is 0 Å². The fourth-order valence-electron chi connectivity index (χ4n) is 2.92. The fourth-order valence-corrected chi connectivity index (χ4v) is 2.92. The summed E-state index contributed by atoms with van der Waals surface area (Å²) in [6, 6.07) is 9.28. The molecule has 0 saturated carbocycles. The van der Waals surface area contributed by atoms with Gasteiger partial charge in [0.15, 0.2) is 0 Å². The van der Waals surface area contributed by atoms with Crippen LogP contribution in [0.25, 0.3) is 0 Å². The first kappa shape index (κ1) is 16.0. The summed E-state index contributed by atoms with van der Waals surface area (Å²) in [6.07, 6.45) is 2.19. The minimum atomic E-state index is -0.435. The maximum atomic E-state index is 12.7. The van der Waals surface area contributed by atoms with Crippen LogP contribution in [0.1, 0.15) is 38.3 Å². The molecule has 0 aromatic heterocycles. The second-order valence-corrected chi connectivity index (χ2v) is 6.38. The molecule has 21 heavy (non-hydrogen) atoms. The normalized spacial score (nSPS) is 20.8. The van der Waals surface area contributed by atoms with Crippen molar-refractivity contribution in [3.8, 4) is 0 Å². The molecule has 2 atom stereocenters. The Morgan fingerprint density at radius 3 is 2.71 bits per heavy atom. The van der Waals surface area contributed by atoms with E-state index in [0.29, 0.717) is 5.92 Å². The van der Waals surface area contributed by atoms with E-state index in [1.165, 1.54) is 0 Å². The first-order valence-electron chi connectivity index (χ1n) is 7.73. The van der Waals surface area contributed by atoms with E-state index in [0.717, 1.165) is 31.5 Å². The molecule has 3 N–H and O–H groups in total. The molecule has 1 saturated heterocycles. The first-order valence-corrected chi connectivity index (χ1v) is 7.73. The summed E-state index contributed by atoms with van der Waals surface area (Å²) in [4.78, 5) is 12.7. The minimum absolute atomic E-state index is 0.0131. The third-order valence-electron chi connectivity index (χ3n) is 4.59. The second-order valence-electron chi connectivity index (χ2n) is 6.38. The van der Waals surface area contributed by atoms with Crippen molar-refractivity contribution >= 4 is 5.91 Å². The molecule has 4 heteroatoms. The van der Waals surface area contributed by atoms with Gasteiger partial charge in [0.25, 0.3) is 0 Å². The Morgan fingerprint density at radius 2 is 2.14 bits per heavy atom. The zero-order valence-electron chi connectivity index (χ0n) is 12.9. The maximum Gasteiger partial charge on any atom is 0.226 e. The number of nitrogens with one attached hydrogen (secondary N) is 2. The van der Waals surface area contributed by atoms with Crippen molar-refractivity contribution < 1.29 is 9.90 Å². The van der Waals surface area contributed by atoms with Gasteiger partial charge in [-0.2, -0.15) is 0 Å². The van der Waals surface area contributed by atoms with Crippen molar-refractivity contribution in [2.75, 3.05) is 19.7 Å². The number of aliphatic hydroxyl groups excluding tert-OH is 1. The van der Waals surface area contributed by atoms with Crippen LogP contribution in [0.15, 0.2) is 30.3 Å². The third kappa shape index (κ3) is 3.83. The molecule has 1 amide bonds. The summed E-state index contributed by atoms with van der Waals surface area (Å²) in [7, 11) is 0. The largest absolute Gasteiger partial charge is 0.394 e. The predicted molar refractivity (Wildman–Crippen MR) is 83.8 cm³/mol. The van der Waals surface area contributed by atoms with Gasteiger partial charge >= 0.3 is 0 Å². The summed E-state index contributed by atoms with van der Waals surface area (Å²) in [5.74, 6) is 0.348. The standard InChI is InChI=1S/C17H26N2O2/c1-17(2,14-9-6-10-18-11-14)16(21)19-15(12-20)13-7-4-3-5-8-13/h3-5,7-8,14-15,18,20H,6,9-12H2,1-2H3,(H,19,21)/t14?,15-/m0/s1. The lowest BCUT2D eigenvalue weighted by Gasteiger charge is -2.37. The smallest absolute Gasteiger partial charge is 0.226 e. The highest BCUT2D eigenvalue weighted by Crippen LogP contribution is 2.32. The van der Waals surface area contributed by atoms with Crippen molar-refractivity contribution in [3.05, 3.63) is 35.9 Å². The molecular weight excluding hydrogens is 264 g/mol. The predicted octanol–water partition coefficient (Wildman–Crippen LogP) is 1.86. The molecule has 1 unspecified atom stereocenters. The lowest BCUT2D eigenvalue weighted by molar-refractivity contribution is -0.133. The minimum Gasteiger partial charge on any atom is -0.394 e. The van der Waals surface area contributed by atoms with Crippen molar-refractivity contribution in [2.24, 2.45) is 11.3 Å². The topological polar surface area (TPSA) is 61.4 Å². The highest BCUT2D eigenvalue weighted by molar-refractivity contribution is 5.82. The molecule has 1 aliphatic heterocycles. The number of carbonyl (C=O) groups is 1. The van der Waals surface area contributed by atoms with Crippen molar-refractivity contribution in [1.82, 2.24) is 10.6 Å². The number of hydrogen-bond acceptors (Lipinski definition) is 3. The number of carbonyl (C=O) groups excluding carboxylic acids is 1. The fraction of sp³-hybridized carbons (Fsp3) is 0.588. The van der Waals surface area contributed by atoms with E-state index in [4.69, 9.17) is 0 Å². The van der Waals surface area contributed by atoms with Crippen LogP contribution in [0, 0.1) is 11.3 Å². The molecule has 1 aromatic rings. The van der Waals surface area contributed by atoms with Gasteiger partial charge < -0.3 is 15.7 Å². The Labute approximate surface area is 126 Å². The van der Waals surface area contributed by atoms with Gasteiger partial charge in [-0.15, -0.1) is 0 Å². The molecule has 116 valence electrons. The highest BCUT2D eigenvalue weighted by Gasteiger charge is 2.38. The summed E-state index contributed by atoms with van der Waals surface area (Å²) in [5, 5.41) is 15.9. The van der Waals surface area contributed by atoms with E-state index >= 15 is 0 Å². The van der Waals surface area contributed by atoms with Gasteiger partial charge in [-0.1, -0.05) is 44.2 Å². The number of benzene rings is 1. The monoisotopic (exact) mass is 290 g/mol. The molecule has 1 heterocycles. The van der Waals surface area contributed by atoms with Gasteiger partial charge in [0, 0.05) is 5.41 Å². The maximum absolute atomic E-state index is 12.7. The molecule has 0 spiro atoms. The second kappa shape index (κ2) is 7.05. The van der Waals surface area contributed by atoms with E-state index in [1.54, 1.807) is 0 Å². The molecule has 0 bridgehead atoms. The van der Waals surface area contributed by atoms with Gasteiger partial charge in [-0.25, -0.2) is 0 Å². The van der Waals surface area contributed by atoms with Crippen molar-refractivity contribution in [2.45, 2.75) is 32.7 Å². The number of aliphatic hydroxyl groups is 1. The van der Waals surface area contributed by atoms with Gasteiger partial charge in [0.05, 0.1) is 12.6 Å². The molecular formula is C17H26N2O2. The van der Waals surface area contributed by atoms with Crippen LogP contribution in [0.4, 0.5) is 0 Å². The number of amides is 1. The van der Waals surface area contributed by atoms with Gasteiger partial charge in [-0.3, -0.25) is 4.79 Å². The lowest BCUT2D eigenvalue weighted by Crippen LogP contribution is -2.48. The van der Waals surface area contributed by atoms with E-state index < -0.39 is 5.41 Å². The quantitative estimate of drug-likeness (QED) is 0.776. The molecule has 0 radical (unpaired) electrons. The van der Waals surface area contributed by atoms with Crippen LogP contribution in [-0.2, 0) is 4.79 Å².